The van der Waals surface area contributed by atoms with E-state index >= 15 is 0 Å². The van der Waals surface area contributed by atoms with Crippen LogP contribution in [0, 0.1) is 0 Å². The van der Waals surface area contributed by atoms with E-state index < -0.39 is 0 Å². The van der Waals surface area contributed by atoms with Gasteiger partial charge in [0.1, 0.15) is 12.7 Å². The standard InChI is InChI=1S/C57H42B2N6/c1-60-29-49-37-13-5-3-11-35(37)39-21-19-33(23-43(39)49)58-51-17-9-7-15-41(51)45-25-47-48-26-46-42-16-8-10-18-52(42)59(34-20-22-40-36-12-4-6-14-38(36)50(30-61-2)44(40)24-34)54(46)28-56(48)65(55(47)27-53(45)58)57-63-31-62-32-64-57/h3-28,31-32,49-50,60-61H,29-30H2,1-2H3. The summed E-state index contributed by atoms with van der Waals surface area (Å²) in [4.78, 5) is 14.0. The smallest absolute Gasteiger partial charge is 0.242 e. The van der Waals surface area contributed by atoms with Crippen LogP contribution in [-0.2, 0) is 0 Å². The number of nitrogens with one attached hydrogen (secondary N) is 2. The maximum Gasteiger partial charge on any atom is 0.242 e. The molecule has 306 valence electrons. The fourth-order valence-electron chi connectivity index (χ4n) is 12.6. The van der Waals surface area contributed by atoms with Crippen molar-refractivity contribution in [3.05, 3.63) is 193 Å². The molecule has 4 heterocycles. The highest BCUT2D eigenvalue weighted by molar-refractivity contribution is 7.00. The van der Waals surface area contributed by atoms with Crippen LogP contribution in [-0.4, -0.2) is 60.1 Å². The average molecular weight is 833 g/mol. The summed E-state index contributed by atoms with van der Waals surface area (Å²) in [5.41, 5.74) is 26.3. The quantitative estimate of drug-likeness (QED) is 0.177. The Morgan fingerprint density at radius 2 is 0.862 bits per heavy atom. The molecule has 0 radical (unpaired) electrons. The average Bonchev–Trinajstić information content (AvgIpc) is 4.12. The molecule has 65 heavy (non-hydrogen) atoms. The van der Waals surface area contributed by atoms with Crippen molar-refractivity contribution in [1.82, 2.24) is 30.2 Å². The molecule has 0 amide bonds. The van der Waals surface area contributed by atoms with Gasteiger partial charge in [0.2, 0.25) is 19.4 Å². The van der Waals surface area contributed by atoms with E-state index in [2.05, 4.69) is 192 Å². The molecule has 0 fully saturated rings. The van der Waals surface area contributed by atoms with Crippen LogP contribution in [0.5, 0.6) is 0 Å². The van der Waals surface area contributed by atoms with E-state index in [4.69, 9.17) is 9.97 Å². The number of nitrogens with zero attached hydrogens (tertiary/aromatic N) is 4. The Morgan fingerprint density at radius 1 is 0.431 bits per heavy atom. The Balaban J connectivity index is 0.984. The first-order chi connectivity index (χ1) is 32.2. The van der Waals surface area contributed by atoms with E-state index in [-0.39, 0.29) is 13.4 Å². The van der Waals surface area contributed by atoms with Crippen molar-refractivity contribution in [3.63, 3.8) is 0 Å². The molecule has 14 rings (SSSR count). The van der Waals surface area contributed by atoms with Gasteiger partial charge in [-0.15, -0.1) is 0 Å². The third-order valence-corrected chi connectivity index (χ3v) is 15.2. The van der Waals surface area contributed by atoms with Crippen LogP contribution in [0.2, 0.25) is 0 Å². The van der Waals surface area contributed by atoms with E-state index in [1.807, 2.05) is 0 Å². The van der Waals surface area contributed by atoms with Crippen LogP contribution in [0.15, 0.2) is 170 Å². The summed E-state index contributed by atoms with van der Waals surface area (Å²) in [5, 5.41) is 9.39. The minimum absolute atomic E-state index is 0.0682. The summed E-state index contributed by atoms with van der Waals surface area (Å²) in [6.07, 6.45) is 3.23. The molecule has 2 unspecified atom stereocenters. The zero-order chi connectivity index (χ0) is 42.9. The van der Waals surface area contributed by atoms with Gasteiger partial charge in [-0.25, -0.2) is 15.0 Å². The fraction of sp³-hybridized carbons (Fsp3) is 0.105. The number of hydrogen-bond donors (Lipinski definition) is 2. The minimum Gasteiger partial charge on any atom is -0.319 e. The zero-order valence-corrected chi connectivity index (χ0v) is 36.2. The Kier molecular flexibility index (Phi) is 8.01. The maximum absolute atomic E-state index is 4.84. The topological polar surface area (TPSA) is 67.7 Å². The molecule has 2 N–H and O–H groups in total. The number of fused-ring (bicyclic) bond motifs is 15. The van der Waals surface area contributed by atoms with Crippen molar-refractivity contribution >= 4 is 68.0 Å². The van der Waals surface area contributed by atoms with E-state index in [0.29, 0.717) is 17.8 Å². The Bertz CT molecular complexity index is 3420. The van der Waals surface area contributed by atoms with Crippen molar-refractivity contribution in [2.45, 2.75) is 11.8 Å². The van der Waals surface area contributed by atoms with Gasteiger partial charge in [0, 0.05) is 35.7 Å². The molecule has 8 heteroatoms. The summed E-state index contributed by atoms with van der Waals surface area (Å²) in [7, 11) is 4.12. The normalized spacial score (nSPS) is 15.7. The summed E-state index contributed by atoms with van der Waals surface area (Å²) < 4.78 is 2.29. The molecule has 2 atom stereocenters. The molecule has 2 aliphatic carbocycles. The van der Waals surface area contributed by atoms with Gasteiger partial charge in [-0.1, -0.05) is 166 Å². The van der Waals surface area contributed by atoms with Crippen LogP contribution in [0.3, 0.4) is 0 Å². The first-order valence-corrected chi connectivity index (χ1v) is 22.9. The van der Waals surface area contributed by atoms with Crippen LogP contribution < -0.4 is 43.4 Å². The second kappa shape index (κ2) is 14.1. The van der Waals surface area contributed by atoms with E-state index in [1.54, 1.807) is 12.7 Å². The second-order valence-electron chi connectivity index (χ2n) is 18.3. The molecule has 2 aliphatic heterocycles. The SMILES string of the molecule is CNCC1c2ccccc2-c2ccc(B3c4ccccc4-c4cc5c6cc7c(cc6n(-c6ncncn6)c5cc43)B(c3ccc4c(c3)C(CNC)c3ccccc3-4)c3ccccc3-7)cc21. The lowest BCUT2D eigenvalue weighted by Crippen LogP contribution is -2.49. The lowest BCUT2D eigenvalue weighted by Gasteiger charge is -2.17. The van der Waals surface area contributed by atoms with Gasteiger partial charge in [-0.3, -0.25) is 4.57 Å². The van der Waals surface area contributed by atoms with E-state index in [0.717, 1.165) is 24.1 Å². The van der Waals surface area contributed by atoms with Gasteiger partial charge in [0.15, 0.2) is 0 Å². The van der Waals surface area contributed by atoms with Gasteiger partial charge in [0.25, 0.3) is 0 Å². The highest BCUT2D eigenvalue weighted by Gasteiger charge is 2.39. The fourth-order valence-corrected chi connectivity index (χ4v) is 12.6. The second-order valence-corrected chi connectivity index (χ2v) is 18.3. The molecule has 8 aromatic carbocycles. The van der Waals surface area contributed by atoms with Crippen LogP contribution in [0.25, 0.3) is 72.3 Å². The van der Waals surface area contributed by atoms with Crippen molar-refractivity contribution in [2.24, 2.45) is 0 Å². The van der Waals surface area contributed by atoms with Crippen LogP contribution in [0.4, 0.5) is 0 Å². The van der Waals surface area contributed by atoms with Crippen molar-refractivity contribution in [2.75, 3.05) is 27.2 Å². The monoisotopic (exact) mass is 832 g/mol. The van der Waals surface area contributed by atoms with Gasteiger partial charge in [0.05, 0.1) is 11.0 Å². The highest BCUT2D eigenvalue weighted by Crippen LogP contribution is 2.46. The Labute approximate surface area is 378 Å². The number of rotatable bonds is 7. The summed E-state index contributed by atoms with van der Waals surface area (Å²) >= 11 is 0. The lowest BCUT2D eigenvalue weighted by atomic mass is 9.38. The minimum atomic E-state index is 0.0682. The molecule has 0 spiro atoms. The molecule has 4 aliphatic rings. The predicted molar refractivity (Wildman–Crippen MR) is 270 cm³/mol. The zero-order valence-electron chi connectivity index (χ0n) is 36.2. The van der Waals surface area contributed by atoms with Gasteiger partial charge in [-0.05, 0) is 105 Å². The summed E-state index contributed by atoms with van der Waals surface area (Å²) in [5.74, 6) is 1.22. The van der Waals surface area contributed by atoms with Crippen molar-refractivity contribution in [3.8, 4) is 50.5 Å². The predicted octanol–water partition coefficient (Wildman–Crippen LogP) is 6.63. The Hall–Kier alpha value is -7.38. The first kappa shape index (κ1) is 37.0. The van der Waals surface area contributed by atoms with Crippen molar-refractivity contribution < 1.29 is 0 Å². The first-order valence-electron chi connectivity index (χ1n) is 22.9. The van der Waals surface area contributed by atoms with Crippen LogP contribution in [0.1, 0.15) is 34.1 Å². The molecule has 0 saturated heterocycles. The molecular weight excluding hydrogens is 790 g/mol. The third kappa shape index (κ3) is 5.18. The molecule has 0 bridgehead atoms. The molecule has 2 aromatic heterocycles. The lowest BCUT2D eigenvalue weighted by molar-refractivity contribution is 0.720. The number of hydrogen-bond acceptors (Lipinski definition) is 5. The highest BCUT2D eigenvalue weighted by atomic mass is 15.2. The number of likely N-dealkylation sites (N-methyl/N-ethyl adjacent to an activating group) is 2. The van der Waals surface area contributed by atoms with E-state index in [1.165, 1.54) is 110 Å². The number of benzene rings is 8. The molecule has 0 saturated carbocycles. The molecule has 6 nitrogen and oxygen atoms in total. The molecular formula is C57H42B2N6. The molecule has 10 aromatic rings. The van der Waals surface area contributed by atoms with E-state index in [9.17, 15) is 0 Å². The number of aromatic nitrogens is 4. The maximum atomic E-state index is 4.84. The third-order valence-electron chi connectivity index (χ3n) is 15.2. The summed E-state index contributed by atoms with van der Waals surface area (Å²) in [6.45, 7) is 1.92. The van der Waals surface area contributed by atoms with Crippen molar-refractivity contribution in [1.29, 1.82) is 0 Å². The van der Waals surface area contributed by atoms with Gasteiger partial charge < -0.3 is 10.6 Å². The van der Waals surface area contributed by atoms with Gasteiger partial charge in [-0.2, -0.15) is 0 Å². The van der Waals surface area contributed by atoms with Gasteiger partial charge >= 0.3 is 0 Å². The largest absolute Gasteiger partial charge is 0.319 e. The van der Waals surface area contributed by atoms with Crippen LogP contribution >= 0.6 is 0 Å². The Morgan fingerprint density at radius 3 is 1.34 bits per heavy atom. The summed E-state index contributed by atoms with van der Waals surface area (Å²) in [6, 6.07) is 60.2.